The van der Waals surface area contributed by atoms with E-state index in [2.05, 4.69) is 4.90 Å². The van der Waals surface area contributed by atoms with E-state index in [1.807, 2.05) is 0 Å². The van der Waals surface area contributed by atoms with Gasteiger partial charge in [0.2, 0.25) is 0 Å². The third-order valence-corrected chi connectivity index (χ3v) is 3.37. The lowest BCUT2D eigenvalue weighted by Crippen LogP contribution is -2.39. The molecule has 1 aliphatic rings. The molecule has 0 amide bonds. The summed E-state index contributed by atoms with van der Waals surface area (Å²) in [4.78, 5) is 2.51. The number of nitrogens with zero attached hydrogens (tertiary/aromatic N) is 1. The fourth-order valence-electron chi connectivity index (χ4n) is 2.38. The van der Waals surface area contributed by atoms with Gasteiger partial charge in [0.05, 0.1) is 12.7 Å². The third kappa shape index (κ3) is 4.78. The normalized spacial score (nSPS) is 24.6. The first-order chi connectivity index (χ1) is 7.80. The first kappa shape index (κ1) is 13.9. The molecule has 1 fully saturated rings. The number of rotatable bonds is 7. The fraction of sp³-hybridized carbons (Fsp3) is 1.00. The van der Waals surface area contributed by atoms with Crippen LogP contribution in [-0.2, 0) is 9.47 Å². The van der Waals surface area contributed by atoms with Gasteiger partial charge < -0.3 is 20.1 Å². The molecule has 1 saturated heterocycles. The Hall–Kier alpha value is -0.160. The Bertz CT molecular complexity index is 172. The molecule has 0 saturated carbocycles. The molecule has 2 N–H and O–H groups in total. The zero-order chi connectivity index (χ0) is 11.8. The minimum absolute atomic E-state index is 0.211. The van der Waals surface area contributed by atoms with Crippen molar-refractivity contribution in [3.8, 4) is 0 Å². The standard InChI is InChI=1S/C12H26N2O2/c1-15-10-11-4-3-6-14(9-11)7-5-12(8-13)16-2/h11-12H,3-10,13H2,1-2H3. The Morgan fingerprint density at radius 2 is 2.25 bits per heavy atom. The molecule has 16 heavy (non-hydrogen) atoms. The van der Waals surface area contributed by atoms with Crippen LogP contribution in [0.5, 0.6) is 0 Å². The maximum atomic E-state index is 5.61. The van der Waals surface area contributed by atoms with Gasteiger partial charge in [0.15, 0.2) is 0 Å². The van der Waals surface area contributed by atoms with Crippen molar-refractivity contribution in [2.75, 3.05) is 47.0 Å². The lowest BCUT2D eigenvalue weighted by atomic mass is 9.98. The summed E-state index contributed by atoms with van der Waals surface area (Å²) in [7, 11) is 3.52. The van der Waals surface area contributed by atoms with Gasteiger partial charge in [0.25, 0.3) is 0 Å². The van der Waals surface area contributed by atoms with Crippen LogP contribution < -0.4 is 5.73 Å². The van der Waals surface area contributed by atoms with E-state index in [9.17, 15) is 0 Å². The maximum absolute atomic E-state index is 5.61. The van der Waals surface area contributed by atoms with E-state index in [1.165, 1.54) is 19.4 Å². The van der Waals surface area contributed by atoms with Crippen LogP contribution in [-0.4, -0.2) is 58.0 Å². The molecule has 1 aliphatic heterocycles. The Morgan fingerprint density at radius 1 is 1.44 bits per heavy atom. The van der Waals surface area contributed by atoms with Crippen LogP contribution in [0.1, 0.15) is 19.3 Å². The molecule has 0 aromatic heterocycles. The number of nitrogens with two attached hydrogens (primary N) is 1. The predicted octanol–water partition coefficient (Wildman–Crippen LogP) is 0.709. The average Bonchev–Trinajstić information content (AvgIpc) is 2.31. The highest BCUT2D eigenvalue weighted by Crippen LogP contribution is 2.17. The SMILES string of the molecule is COCC1CCCN(CCC(CN)OC)C1. The maximum Gasteiger partial charge on any atom is 0.0705 e. The van der Waals surface area contributed by atoms with Crippen LogP contribution in [0.15, 0.2) is 0 Å². The molecule has 0 aromatic carbocycles. The molecule has 4 nitrogen and oxygen atoms in total. The molecule has 96 valence electrons. The van der Waals surface area contributed by atoms with E-state index < -0.39 is 0 Å². The van der Waals surface area contributed by atoms with Crippen molar-refractivity contribution in [1.82, 2.24) is 4.90 Å². The quantitative estimate of drug-likeness (QED) is 0.700. The molecule has 0 bridgehead atoms. The van der Waals surface area contributed by atoms with Crippen LogP contribution >= 0.6 is 0 Å². The van der Waals surface area contributed by atoms with Gasteiger partial charge in [-0.05, 0) is 31.7 Å². The van der Waals surface area contributed by atoms with E-state index in [-0.39, 0.29) is 6.10 Å². The van der Waals surface area contributed by atoms with Gasteiger partial charge in [0.1, 0.15) is 0 Å². The van der Waals surface area contributed by atoms with Crippen LogP contribution in [0.25, 0.3) is 0 Å². The summed E-state index contributed by atoms with van der Waals surface area (Å²) >= 11 is 0. The largest absolute Gasteiger partial charge is 0.384 e. The van der Waals surface area contributed by atoms with Gasteiger partial charge in [-0.2, -0.15) is 0 Å². The molecule has 0 spiro atoms. The monoisotopic (exact) mass is 230 g/mol. The van der Waals surface area contributed by atoms with Crippen molar-refractivity contribution >= 4 is 0 Å². The smallest absolute Gasteiger partial charge is 0.0705 e. The van der Waals surface area contributed by atoms with E-state index in [0.29, 0.717) is 12.5 Å². The third-order valence-electron chi connectivity index (χ3n) is 3.37. The summed E-state index contributed by atoms with van der Waals surface area (Å²) in [6.45, 7) is 4.97. The van der Waals surface area contributed by atoms with E-state index >= 15 is 0 Å². The van der Waals surface area contributed by atoms with Gasteiger partial charge in [0, 0.05) is 33.9 Å². The minimum atomic E-state index is 0.211. The van der Waals surface area contributed by atoms with E-state index in [1.54, 1.807) is 14.2 Å². The Balaban J connectivity index is 2.20. The molecule has 4 heteroatoms. The fourth-order valence-corrected chi connectivity index (χ4v) is 2.38. The first-order valence-electron chi connectivity index (χ1n) is 6.24. The number of methoxy groups -OCH3 is 2. The molecule has 0 radical (unpaired) electrons. The second-order valence-corrected chi connectivity index (χ2v) is 4.65. The van der Waals surface area contributed by atoms with Crippen molar-refractivity contribution in [3.05, 3.63) is 0 Å². The van der Waals surface area contributed by atoms with Crippen LogP contribution in [0.2, 0.25) is 0 Å². The molecule has 0 aliphatic carbocycles. The lowest BCUT2D eigenvalue weighted by molar-refractivity contribution is 0.0642. The lowest BCUT2D eigenvalue weighted by Gasteiger charge is -2.33. The molecule has 1 heterocycles. The highest BCUT2D eigenvalue weighted by Gasteiger charge is 2.20. The van der Waals surface area contributed by atoms with Crippen molar-refractivity contribution in [2.24, 2.45) is 11.7 Å². The molecule has 2 atom stereocenters. The molecular formula is C12H26N2O2. The van der Waals surface area contributed by atoms with Crippen molar-refractivity contribution in [2.45, 2.75) is 25.4 Å². The second kappa shape index (κ2) is 8.01. The number of hydrogen-bond donors (Lipinski definition) is 1. The second-order valence-electron chi connectivity index (χ2n) is 4.65. The Kier molecular flexibility index (Phi) is 6.96. The van der Waals surface area contributed by atoms with Crippen molar-refractivity contribution in [3.63, 3.8) is 0 Å². The average molecular weight is 230 g/mol. The van der Waals surface area contributed by atoms with Crippen LogP contribution in [0.4, 0.5) is 0 Å². The van der Waals surface area contributed by atoms with E-state index in [4.69, 9.17) is 15.2 Å². The summed E-state index contributed by atoms with van der Waals surface area (Å²) in [6, 6.07) is 0. The number of piperidine rings is 1. The first-order valence-corrected chi connectivity index (χ1v) is 6.24. The Morgan fingerprint density at radius 3 is 2.88 bits per heavy atom. The predicted molar refractivity (Wildman–Crippen MR) is 65.5 cm³/mol. The number of likely N-dealkylation sites (tertiary alicyclic amines) is 1. The van der Waals surface area contributed by atoms with E-state index in [0.717, 1.165) is 26.1 Å². The minimum Gasteiger partial charge on any atom is -0.384 e. The molecule has 0 aromatic rings. The molecular weight excluding hydrogens is 204 g/mol. The highest BCUT2D eigenvalue weighted by molar-refractivity contribution is 4.74. The van der Waals surface area contributed by atoms with Gasteiger partial charge >= 0.3 is 0 Å². The van der Waals surface area contributed by atoms with Gasteiger partial charge in [-0.3, -0.25) is 0 Å². The summed E-state index contributed by atoms with van der Waals surface area (Å²) in [6.07, 6.45) is 3.83. The number of hydrogen-bond acceptors (Lipinski definition) is 4. The zero-order valence-corrected chi connectivity index (χ0v) is 10.7. The van der Waals surface area contributed by atoms with Crippen LogP contribution in [0, 0.1) is 5.92 Å². The molecule has 1 rings (SSSR count). The molecule has 2 unspecified atom stereocenters. The summed E-state index contributed by atoms with van der Waals surface area (Å²) in [5, 5.41) is 0. The van der Waals surface area contributed by atoms with Gasteiger partial charge in [-0.15, -0.1) is 0 Å². The summed E-state index contributed by atoms with van der Waals surface area (Å²) in [5.74, 6) is 0.706. The topological polar surface area (TPSA) is 47.7 Å². The van der Waals surface area contributed by atoms with Crippen LogP contribution in [0.3, 0.4) is 0 Å². The number of ether oxygens (including phenoxy) is 2. The summed E-state index contributed by atoms with van der Waals surface area (Å²) in [5.41, 5.74) is 5.61. The summed E-state index contributed by atoms with van der Waals surface area (Å²) < 4.78 is 10.5. The van der Waals surface area contributed by atoms with Gasteiger partial charge in [-0.25, -0.2) is 0 Å². The van der Waals surface area contributed by atoms with Gasteiger partial charge in [-0.1, -0.05) is 0 Å². The zero-order valence-electron chi connectivity index (χ0n) is 10.7. The van der Waals surface area contributed by atoms with Crippen molar-refractivity contribution < 1.29 is 9.47 Å². The Labute approximate surface area is 99.1 Å². The highest BCUT2D eigenvalue weighted by atomic mass is 16.5. The van der Waals surface area contributed by atoms with Crippen molar-refractivity contribution in [1.29, 1.82) is 0 Å².